The van der Waals surface area contributed by atoms with Crippen LogP contribution in [0.5, 0.6) is 0 Å². The van der Waals surface area contributed by atoms with E-state index in [0.717, 1.165) is 0 Å². The molecule has 1 nitrogen and oxygen atoms in total. The molecule has 0 rings (SSSR count). The van der Waals surface area contributed by atoms with Crippen LogP contribution in [-0.2, 0) is 0 Å². The normalized spacial score (nSPS) is 13.7. The second-order valence-corrected chi connectivity index (χ2v) is 16.9. The summed E-state index contributed by atoms with van der Waals surface area (Å²) < 4.78 is 1.46. The van der Waals surface area contributed by atoms with Crippen molar-refractivity contribution in [1.29, 1.82) is 0 Å². The van der Waals surface area contributed by atoms with Crippen molar-refractivity contribution in [2.24, 2.45) is 0 Å². The van der Waals surface area contributed by atoms with E-state index in [-0.39, 0.29) is 0 Å². The van der Waals surface area contributed by atoms with Crippen LogP contribution in [0.1, 0.15) is 0 Å². The third kappa shape index (κ3) is 3.65. The molecule has 0 fully saturated rings. The Hall–Kier alpha value is 0.564. The molecule has 11 heavy (non-hydrogen) atoms. The van der Waals surface area contributed by atoms with Gasteiger partial charge in [-0.1, -0.05) is 39.3 Å². The Morgan fingerprint density at radius 3 is 1.18 bits per heavy atom. The van der Waals surface area contributed by atoms with Crippen molar-refractivity contribution >= 4 is 29.1 Å². The highest BCUT2D eigenvalue weighted by atomic mass is 31.1. The molecule has 0 spiro atoms. The summed E-state index contributed by atoms with van der Waals surface area (Å²) in [4.78, 5) is 9.20. The van der Waals surface area contributed by atoms with Gasteiger partial charge in [-0.2, -0.15) is 0 Å². The fourth-order valence-corrected chi connectivity index (χ4v) is 12.8. The van der Waals surface area contributed by atoms with Gasteiger partial charge in [-0.15, -0.1) is 0 Å². The van der Waals surface area contributed by atoms with Crippen LogP contribution in [-0.4, -0.2) is 25.6 Å². The fraction of sp³-hybridized carbons (Fsp3) is 0.857. The number of rotatable bonds is 2. The lowest BCUT2D eigenvalue weighted by Gasteiger charge is -2.29. The SMILES string of the molecule is C[Si](C)(C)C(=PO)[Si](C)(C)C. The highest BCUT2D eigenvalue weighted by molar-refractivity contribution is 7.60. The first-order chi connectivity index (χ1) is 4.69. The molecule has 0 radical (unpaired) electrons. The zero-order valence-electron chi connectivity index (χ0n) is 8.39. The molecule has 0 atom stereocenters. The van der Waals surface area contributed by atoms with Crippen molar-refractivity contribution in [3.05, 3.63) is 0 Å². The summed E-state index contributed by atoms with van der Waals surface area (Å²) in [7, 11) is -1.85. The van der Waals surface area contributed by atoms with Crippen molar-refractivity contribution < 1.29 is 4.89 Å². The highest BCUT2D eigenvalue weighted by Crippen LogP contribution is 2.19. The largest absolute Gasteiger partial charge is 0.342 e. The third-order valence-electron chi connectivity index (χ3n) is 1.52. The van der Waals surface area contributed by atoms with Gasteiger partial charge in [0.05, 0.1) is 16.1 Å². The lowest BCUT2D eigenvalue weighted by molar-refractivity contribution is 0.661. The maximum absolute atomic E-state index is 9.20. The van der Waals surface area contributed by atoms with Crippen LogP contribution >= 0.6 is 8.43 Å². The standard InChI is InChI=1S/C7H19OPSi2/c1-10(2,3)7(9-8)11(4,5)6/h8H,1-6H3. The summed E-state index contributed by atoms with van der Waals surface area (Å²) in [5.41, 5.74) is 0. The van der Waals surface area contributed by atoms with Gasteiger partial charge in [0.2, 0.25) is 0 Å². The summed E-state index contributed by atoms with van der Waals surface area (Å²) in [5.74, 6) is 0. The van der Waals surface area contributed by atoms with E-state index in [1.807, 2.05) is 0 Å². The van der Waals surface area contributed by atoms with Crippen LogP contribution in [0.3, 0.4) is 0 Å². The van der Waals surface area contributed by atoms with E-state index in [1.165, 1.54) is 4.54 Å². The summed E-state index contributed by atoms with van der Waals surface area (Å²) in [6.07, 6.45) is 0. The Kier molecular flexibility index (Phi) is 3.70. The van der Waals surface area contributed by atoms with Gasteiger partial charge in [-0.05, 0) is 4.54 Å². The first-order valence-electron chi connectivity index (χ1n) is 3.92. The van der Waals surface area contributed by atoms with Gasteiger partial charge in [-0.25, -0.2) is 0 Å². The highest BCUT2D eigenvalue weighted by Gasteiger charge is 2.31. The third-order valence-corrected chi connectivity index (χ3v) is 13.7. The quantitative estimate of drug-likeness (QED) is 0.544. The molecule has 0 aromatic rings. The molecule has 0 unspecified atom stereocenters. The molecular formula is C7H19OPSi2. The van der Waals surface area contributed by atoms with Crippen molar-refractivity contribution in [2.75, 3.05) is 0 Å². The molecule has 0 bridgehead atoms. The first-order valence-corrected chi connectivity index (χ1v) is 11.8. The van der Waals surface area contributed by atoms with Gasteiger partial charge in [0.15, 0.2) is 0 Å². The molecule has 0 aromatic carbocycles. The van der Waals surface area contributed by atoms with Gasteiger partial charge < -0.3 is 4.89 Å². The molecular weight excluding hydrogens is 187 g/mol. The summed E-state index contributed by atoms with van der Waals surface area (Å²) in [5, 5.41) is 0. The fourth-order valence-electron chi connectivity index (χ4n) is 1.43. The minimum absolute atomic E-state index is 0.558. The molecule has 0 aliphatic rings. The van der Waals surface area contributed by atoms with Gasteiger partial charge >= 0.3 is 0 Å². The Morgan fingerprint density at radius 2 is 1.18 bits per heavy atom. The molecule has 0 saturated heterocycles. The van der Waals surface area contributed by atoms with E-state index in [4.69, 9.17) is 0 Å². The van der Waals surface area contributed by atoms with Crippen LogP contribution < -0.4 is 0 Å². The van der Waals surface area contributed by atoms with Crippen LogP contribution in [0.25, 0.3) is 0 Å². The van der Waals surface area contributed by atoms with E-state index in [9.17, 15) is 4.89 Å². The minimum atomic E-state index is -1.21. The van der Waals surface area contributed by atoms with Crippen LogP contribution in [0, 0.1) is 0 Å². The van der Waals surface area contributed by atoms with Crippen molar-refractivity contribution in [2.45, 2.75) is 39.3 Å². The van der Waals surface area contributed by atoms with E-state index < -0.39 is 16.1 Å². The Labute approximate surface area is 73.7 Å². The van der Waals surface area contributed by atoms with Crippen molar-refractivity contribution in [1.82, 2.24) is 0 Å². The monoisotopic (exact) mass is 206 g/mol. The molecule has 0 saturated carbocycles. The van der Waals surface area contributed by atoms with E-state index in [2.05, 4.69) is 39.3 Å². The smallest absolute Gasteiger partial charge is 0.0760 e. The second-order valence-electron chi connectivity index (χ2n) is 4.95. The molecule has 4 heteroatoms. The molecule has 0 aliphatic carbocycles. The van der Waals surface area contributed by atoms with Crippen LogP contribution in [0.4, 0.5) is 0 Å². The van der Waals surface area contributed by atoms with Gasteiger partial charge in [0.25, 0.3) is 0 Å². The first kappa shape index (κ1) is 11.6. The molecule has 0 heterocycles. The number of hydrogen-bond acceptors (Lipinski definition) is 1. The topological polar surface area (TPSA) is 20.2 Å². The zero-order chi connectivity index (χ0) is 9.28. The van der Waals surface area contributed by atoms with Crippen molar-refractivity contribution in [3.8, 4) is 0 Å². The zero-order valence-corrected chi connectivity index (χ0v) is 11.3. The Balaban J connectivity index is 4.74. The lowest BCUT2D eigenvalue weighted by Crippen LogP contribution is -2.48. The minimum Gasteiger partial charge on any atom is -0.342 e. The number of hydrogen-bond donors (Lipinski definition) is 1. The second kappa shape index (κ2) is 3.52. The molecule has 1 N–H and O–H groups in total. The van der Waals surface area contributed by atoms with E-state index in [1.54, 1.807) is 0 Å². The molecule has 0 aromatic heterocycles. The van der Waals surface area contributed by atoms with Crippen LogP contribution in [0.2, 0.25) is 39.3 Å². The molecule has 0 amide bonds. The van der Waals surface area contributed by atoms with Gasteiger partial charge in [-0.3, -0.25) is 0 Å². The van der Waals surface area contributed by atoms with Gasteiger partial charge in [0.1, 0.15) is 0 Å². The Bertz CT molecular complexity index is 148. The maximum Gasteiger partial charge on any atom is 0.0760 e. The average molecular weight is 206 g/mol. The van der Waals surface area contributed by atoms with E-state index >= 15 is 0 Å². The summed E-state index contributed by atoms with van der Waals surface area (Å²) in [6.45, 7) is 13.9. The average Bonchev–Trinajstić information content (AvgIpc) is 1.56. The Morgan fingerprint density at radius 1 is 0.909 bits per heavy atom. The predicted octanol–water partition coefficient (Wildman–Crippen LogP) is 2.77. The van der Waals surface area contributed by atoms with Crippen molar-refractivity contribution in [3.63, 3.8) is 0 Å². The predicted molar refractivity (Wildman–Crippen MR) is 60.8 cm³/mol. The molecule has 66 valence electrons. The van der Waals surface area contributed by atoms with E-state index in [0.29, 0.717) is 8.43 Å². The lowest BCUT2D eigenvalue weighted by atomic mass is 11.7. The molecule has 0 aliphatic heterocycles. The summed E-state index contributed by atoms with van der Waals surface area (Å²) >= 11 is 0. The van der Waals surface area contributed by atoms with Gasteiger partial charge in [0, 0.05) is 8.43 Å². The summed E-state index contributed by atoms with van der Waals surface area (Å²) in [6, 6.07) is 0. The maximum atomic E-state index is 9.20. The van der Waals surface area contributed by atoms with Crippen LogP contribution in [0.15, 0.2) is 0 Å².